The third kappa shape index (κ3) is 2.01. The van der Waals surface area contributed by atoms with Crippen molar-refractivity contribution in [3.8, 4) is 0 Å². The van der Waals surface area contributed by atoms with Crippen molar-refractivity contribution < 1.29 is 0 Å². The third-order valence-electron chi connectivity index (χ3n) is 3.07. The molecule has 19 heavy (non-hydrogen) atoms. The molecule has 0 saturated heterocycles. The van der Waals surface area contributed by atoms with Crippen molar-refractivity contribution in [1.29, 1.82) is 0 Å². The highest BCUT2D eigenvalue weighted by atomic mass is 16.1. The Morgan fingerprint density at radius 3 is 2.68 bits per heavy atom. The van der Waals surface area contributed by atoms with Gasteiger partial charge in [-0.1, -0.05) is 35.0 Å². The maximum absolute atomic E-state index is 12.2. The van der Waals surface area contributed by atoms with Crippen LogP contribution >= 0.6 is 0 Å². The molecule has 0 spiro atoms. The first-order valence-corrected chi connectivity index (χ1v) is 5.96. The number of benzene rings is 1. The second-order valence-corrected chi connectivity index (χ2v) is 4.54. The monoisotopic (exact) mass is 255 g/mol. The van der Waals surface area contributed by atoms with E-state index in [9.17, 15) is 4.79 Å². The van der Waals surface area contributed by atoms with Crippen LogP contribution in [0, 0.1) is 6.92 Å². The molecule has 96 valence electrons. The Morgan fingerprint density at radius 1 is 1.21 bits per heavy atom. The van der Waals surface area contributed by atoms with E-state index in [0.717, 1.165) is 5.56 Å². The number of hydrogen-bond acceptors (Lipinski definition) is 4. The van der Waals surface area contributed by atoms with E-state index in [4.69, 9.17) is 0 Å². The Labute approximate surface area is 109 Å². The van der Waals surface area contributed by atoms with E-state index in [0.29, 0.717) is 17.6 Å². The van der Waals surface area contributed by atoms with E-state index in [1.165, 1.54) is 16.4 Å². The summed E-state index contributed by atoms with van der Waals surface area (Å²) in [5.41, 5.74) is 2.54. The first-order valence-electron chi connectivity index (χ1n) is 5.96. The molecule has 0 radical (unpaired) electrons. The second-order valence-electron chi connectivity index (χ2n) is 4.54. The fraction of sp³-hybridized carbons (Fsp3) is 0.231. The molecule has 0 aliphatic heterocycles. The minimum absolute atomic E-state index is 0.168. The molecule has 0 atom stereocenters. The van der Waals surface area contributed by atoms with Gasteiger partial charge in [0.25, 0.3) is 5.56 Å². The van der Waals surface area contributed by atoms with Crippen LogP contribution in [0.4, 0.5) is 0 Å². The average Bonchev–Trinajstić information content (AvgIpc) is 2.78. The van der Waals surface area contributed by atoms with Crippen molar-refractivity contribution >= 4 is 11.0 Å². The van der Waals surface area contributed by atoms with Crippen LogP contribution in [0.1, 0.15) is 11.1 Å². The fourth-order valence-electron chi connectivity index (χ4n) is 1.95. The van der Waals surface area contributed by atoms with Gasteiger partial charge in [-0.2, -0.15) is 5.10 Å². The molecule has 1 aromatic carbocycles. The van der Waals surface area contributed by atoms with Crippen molar-refractivity contribution in [2.24, 2.45) is 7.05 Å². The topological polar surface area (TPSA) is 65.6 Å². The first-order chi connectivity index (χ1) is 9.15. The van der Waals surface area contributed by atoms with Crippen LogP contribution in [0.25, 0.3) is 11.0 Å². The molecule has 6 nitrogen and oxygen atoms in total. The maximum Gasteiger partial charge on any atom is 0.281 e. The Hall–Kier alpha value is -2.50. The van der Waals surface area contributed by atoms with Gasteiger partial charge in [-0.3, -0.25) is 4.79 Å². The highest BCUT2D eigenvalue weighted by Gasteiger charge is 2.09. The van der Waals surface area contributed by atoms with Gasteiger partial charge in [-0.15, -0.1) is 5.10 Å². The number of aryl methyl sites for hydroxylation is 2. The second kappa shape index (κ2) is 4.31. The fourth-order valence-corrected chi connectivity index (χ4v) is 1.95. The zero-order valence-electron chi connectivity index (χ0n) is 10.7. The summed E-state index contributed by atoms with van der Waals surface area (Å²) in [7, 11) is 1.74. The van der Waals surface area contributed by atoms with Crippen molar-refractivity contribution in [3.05, 3.63) is 51.9 Å². The van der Waals surface area contributed by atoms with E-state index >= 15 is 0 Å². The lowest BCUT2D eigenvalue weighted by Crippen LogP contribution is -2.24. The van der Waals surface area contributed by atoms with Gasteiger partial charge in [0.05, 0.1) is 12.7 Å². The van der Waals surface area contributed by atoms with E-state index in [2.05, 4.69) is 15.4 Å². The molecule has 3 rings (SSSR count). The zero-order chi connectivity index (χ0) is 13.4. The molecule has 0 bridgehead atoms. The summed E-state index contributed by atoms with van der Waals surface area (Å²) in [6, 6.07) is 7.99. The van der Waals surface area contributed by atoms with Crippen LogP contribution < -0.4 is 5.56 Å². The molecular formula is C13H13N5O. The summed E-state index contributed by atoms with van der Waals surface area (Å²) in [6.45, 7) is 2.44. The summed E-state index contributed by atoms with van der Waals surface area (Å²) in [5, 5.41) is 12.5. The van der Waals surface area contributed by atoms with E-state index in [1.807, 2.05) is 31.2 Å². The quantitative estimate of drug-likeness (QED) is 0.682. The molecule has 0 N–H and O–H groups in total. The van der Waals surface area contributed by atoms with Crippen LogP contribution in [0.2, 0.25) is 0 Å². The van der Waals surface area contributed by atoms with Crippen LogP contribution in [0.5, 0.6) is 0 Å². The van der Waals surface area contributed by atoms with Gasteiger partial charge in [-0.05, 0) is 12.5 Å². The van der Waals surface area contributed by atoms with Gasteiger partial charge in [0.15, 0.2) is 5.65 Å². The molecule has 0 fully saturated rings. The maximum atomic E-state index is 12.2. The molecule has 6 heteroatoms. The molecule has 0 aliphatic rings. The highest BCUT2D eigenvalue weighted by Crippen LogP contribution is 2.05. The summed E-state index contributed by atoms with van der Waals surface area (Å²) in [6.07, 6.45) is 1.53. The molecule has 0 unspecified atom stereocenters. The lowest BCUT2D eigenvalue weighted by Gasteiger charge is -2.04. The average molecular weight is 255 g/mol. The number of fused-ring (bicyclic) bond motifs is 1. The molecule has 2 heterocycles. The van der Waals surface area contributed by atoms with Gasteiger partial charge >= 0.3 is 0 Å². The summed E-state index contributed by atoms with van der Waals surface area (Å²) >= 11 is 0. The molecule has 0 amide bonds. The SMILES string of the molecule is Cc1ccc(Cn2nnc3c(cnn3C)c2=O)cc1. The van der Waals surface area contributed by atoms with Gasteiger partial charge < -0.3 is 0 Å². The minimum atomic E-state index is -0.168. The van der Waals surface area contributed by atoms with Crippen molar-refractivity contribution in [2.75, 3.05) is 0 Å². The largest absolute Gasteiger partial charge is 0.281 e. The standard InChI is InChI=1S/C13H13N5O/c1-9-3-5-10(6-4-9)8-18-13(19)11-7-14-17(2)12(11)15-16-18/h3-7H,8H2,1-2H3. The van der Waals surface area contributed by atoms with Crippen LogP contribution in [-0.4, -0.2) is 24.8 Å². The van der Waals surface area contributed by atoms with Crippen LogP contribution in [0.15, 0.2) is 35.3 Å². The predicted octanol–water partition coefficient (Wildman–Crippen LogP) is 0.882. The molecular weight excluding hydrogens is 242 g/mol. The molecule has 2 aromatic heterocycles. The molecule has 3 aromatic rings. The smallest absolute Gasteiger partial charge is 0.267 e. The van der Waals surface area contributed by atoms with Gasteiger partial charge in [0.2, 0.25) is 0 Å². The Kier molecular flexibility index (Phi) is 2.63. The Balaban J connectivity index is 2.04. The summed E-state index contributed by atoms with van der Waals surface area (Å²) in [5.74, 6) is 0. The van der Waals surface area contributed by atoms with E-state index in [-0.39, 0.29) is 5.56 Å². The number of aromatic nitrogens is 5. The number of rotatable bonds is 2. The predicted molar refractivity (Wildman–Crippen MR) is 70.8 cm³/mol. The van der Waals surface area contributed by atoms with Gasteiger partial charge in [0.1, 0.15) is 5.39 Å². The number of hydrogen-bond donors (Lipinski definition) is 0. The van der Waals surface area contributed by atoms with Gasteiger partial charge in [0, 0.05) is 7.05 Å². The molecule has 0 saturated carbocycles. The van der Waals surface area contributed by atoms with E-state index < -0.39 is 0 Å². The van der Waals surface area contributed by atoms with Gasteiger partial charge in [-0.25, -0.2) is 9.36 Å². The number of nitrogens with zero attached hydrogens (tertiary/aromatic N) is 5. The normalized spacial score (nSPS) is 11.1. The van der Waals surface area contributed by atoms with E-state index in [1.54, 1.807) is 11.7 Å². The Morgan fingerprint density at radius 2 is 1.95 bits per heavy atom. The third-order valence-corrected chi connectivity index (χ3v) is 3.07. The summed E-state index contributed by atoms with van der Waals surface area (Å²) in [4.78, 5) is 12.2. The van der Waals surface area contributed by atoms with Crippen LogP contribution in [0.3, 0.4) is 0 Å². The lowest BCUT2D eigenvalue weighted by molar-refractivity contribution is 0.595. The first kappa shape index (κ1) is 11.6. The summed E-state index contributed by atoms with van der Waals surface area (Å²) < 4.78 is 2.90. The zero-order valence-corrected chi connectivity index (χ0v) is 10.7. The Bertz CT molecular complexity index is 785. The lowest BCUT2D eigenvalue weighted by atomic mass is 10.1. The highest BCUT2D eigenvalue weighted by molar-refractivity contribution is 5.72. The minimum Gasteiger partial charge on any atom is -0.267 e. The molecule has 0 aliphatic carbocycles. The van der Waals surface area contributed by atoms with Crippen molar-refractivity contribution in [1.82, 2.24) is 24.8 Å². The van der Waals surface area contributed by atoms with Crippen molar-refractivity contribution in [2.45, 2.75) is 13.5 Å². The van der Waals surface area contributed by atoms with Crippen molar-refractivity contribution in [3.63, 3.8) is 0 Å². The van der Waals surface area contributed by atoms with Crippen LogP contribution in [-0.2, 0) is 13.6 Å².